The Morgan fingerprint density at radius 2 is 2.12 bits per heavy atom. The monoisotopic (exact) mass is 284 g/mol. The van der Waals surface area contributed by atoms with E-state index in [1.165, 1.54) is 5.56 Å². The van der Waals surface area contributed by atoms with E-state index < -0.39 is 10.0 Å². The second-order valence-corrected chi connectivity index (χ2v) is 5.98. The van der Waals surface area contributed by atoms with Gasteiger partial charge in [0, 0.05) is 19.6 Å². The summed E-state index contributed by atoms with van der Waals surface area (Å²) in [6, 6.07) is 2.05. The predicted octanol–water partition coefficient (Wildman–Crippen LogP) is 1.20. The van der Waals surface area contributed by atoms with Gasteiger partial charge in [-0.25, -0.2) is 13.1 Å². The number of halogens is 1. The molecule has 94 valence electrons. The molecule has 1 aromatic heterocycles. The third kappa shape index (κ3) is 6.44. The van der Waals surface area contributed by atoms with Gasteiger partial charge in [-0.2, -0.15) is 11.3 Å². The lowest BCUT2D eigenvalue weighted by molar-refractivity contribution is 0.577. The van der Waals surface area contributed by atoms with E-state index >= 15 is 0 Å². The first-order chi connectivity index (χ1) is 7.14. The standard InChI is InChI=1S/C9H16N2O2S2.ClH/c1-2-15(12,13)11-5-4-10-7-9-3-6-14-8-9;/h3,6,8,10-11H,2,4-5,7H2,1H3;1H. The number of thiophene rings is 1. The van der Waals surface area contributed by atoms with Gasteiger partial charge in [0.1, 0.15) is 0 Å². The minimum Gasteiger partial charge on any atom is -0.311 e. The molecule has 0 radical (unpaired) electrons. The largest absolute Gasteiger partial charge is 0.311 e. The van der Waals surface area contributed by atoms with Crippen LogP contribution in [0.5, 0.6) is 0 Å². The van der Waals surface area contributed by atoms with E-state index in [4.69, 9.17) is 0 Å². The van der Waals surface area contributed by atoms with Crippen LogP contribution in [-0.2, 0) is 16.6 Å². The molecule has 7 heteroatoms. The van der Waals surface area contributed by atoms with Crippen LogP contribution in [0, 0.1) is 0 Å². The van der Waals surface area contributed by atoms with Crippen molar-refractivity contribution in [1.82, 2.24) is 10.0 Å². The van der Waals surface area contributed by atoms with Gasteiger partial charge in [-0.3, -0.25) is 0 Å². The van der Waals surface area contributed by atoms with Crippen molar-refractivity contribution < 1.29 is 8.42 Å². The van der Waals surface area contributed by atoms with Gasteiger partial charge < -0.3 is 5.32 Å². The van der Waals surface area contributed by atoms with Crippen molar-refractivity contribution in [2.45, 2.75) is 13.5 Å². The Hall–Kier alpha value is -0.140. The number of nitrogens with one attached hydrogen (secondary N) is 2. The lowest BCUT2D eigenvalue weighted by atomic mass is 10.3. The van der Waals surface area contributed by atoms with Gasteiger partial charge in [0.25, 0.3) is 0 Å². The molecule has 0 atom stereocenters. The Morgan fingerprint density at radius 3 is 2.69 bits per heavy atom. The summed E-state index contributed by atoms with van der Waals surface area (Å²) in [4.78, 5) is 0. The maximum atomic E-state index is 11.1. The van der Waals surface area contributed by atoms with Gasteiger partial charge in [-0.1, -0.05) is 0 Å². The Balaban J connectivity index is 0.00000225. The topological polar surface area (TPSA) is 58.2 Å². The van der Waals surface area contributed by atoms with Gasteiger partial charge in [0.15, 0.2) is 0 Å². The van der Waals surface area contributed by atoms with Gasteiger partial charge >= 0.3 is 0 Å². The van der Waals surface area contributed by atoms with Crippen molar-refractivity contribution in [1.29, 1.82) is 0 Å². The fraction of sp³-hybridized carbons (Fsp3) is 0.556. The van der Waals surface area contributed by atoms with E-state index in [-0.39, 0.29) is 18.2 Å². The van der Waals surface area contributed by atoms with Crippen molar-refractivity contribution in [2.24, 2.45) is 0 Å². The van der Waals surface area contributed by atoms with Crippen LogP contribution in [0.2, 0.25) is 0 Å². The van der Waals surface area contributed by atoms with E-state index in [9.17, 15) is 8.42 Å². The van der Waals surface area contributed by atoms with Crippen molar-refractivity contribution >= 4 is 33.8 Å². The van der Waals surface area contributed by atoms with Crippen LogP contribution in [-0.4, -0.2) is 27.3 Å². The molecule has 16 heavy (non-hydrogen) atoms. The average Bonchev–Trinajstić information content (AvgIpc) is 2.70. The molecule has 0 aromatic carbocycles. The summed E-state index contributed by atoms with van der Waals surface area (Å²) in [5, 5.41) is 7.26. The summed E-state index contributed by atoms with van der Waals surface area (Å²) in [6.07, 6.45) is 0. The fourth-order valence-electron chi connectivity index (χ4n) is 1.02. The molecule has 1 heterocycles. The van der Waals surface area contributed by atoms with Crippen LogP contribution in [0.15, 0.2) is 16.8 Å². The molecule has 2 N–H and O–H groups in total. The summed E-state index contributed by atoms with van der Waals surface area (Å²) in [6.45, 7) is 3.51. The van der Waals surface area contributed by atoms with Crippen LogP contribution in [0.3, 0.4) is 0 Å². The number of rotatable bonds is 7. The van der Waals surface area contributed by atoms with Gasteiger partial charge in [-0.15, -0.1) is 12.4 Å². The Kier molecular flexibility index (Phi) is 7.96. The Morgan fingerprint density at radius 1 is 1.38 bits per heavy atom. The second kappa shape index (κ2) is 8.03. The molecule has 0 aliphatic rings. The molecule has 0 unspecified atom stereocenters. The molecule has 0 aliphatic heterocycles. The minimum absolute atomic E-state index is 0. The molecule has 1 aromatic rings. The Labute approximate surface area is 107 Å². The zero-order valence-electron chi connectivity index (χ0n) is 9.10. The quantitative estimate of drug-likeness (QED) is 0.740. The van der Waals surface area contributed by atoms with E-state index in [2.05, 4.69) is 15.4 Å². The highest BCUT2D eigenvalue weighted by molar-refractivity contribution is 7.89. The van der Waals surface area contributed by atoms with Crippen LogP contribution in [0.25, 0.3) is 0 Å². The van der Waals surface area contributed by atoms with Crippen molar-refractivity contribution in [3.63, 3.8) is 0 Å². The minimum atomic E-state index is -3.04. The maximum Gasteiger partial charge on any atom is 0.211 e. The molecule has 0 bridgehead atoms. The molecule has 1 rings (SSSR count). The third-order valence-corrected chi connectivity index (χ3v) is 4.05. The third-order valence-electron chi connectivity index (χ3n) is 1.91. The van der Waals surface area contributed by atoms with E-state index in [1.54, 1.807) is 18.3 Å². The normalized spacial score (nSPS) is 11.1. The molecule has 4 nitrogen and oxygen atoms in total. The summed E-state index contributed by atoms with van der Waals surface area (Å²) in [7, 11) is -3.04. The lowest BCUT2D eigenvalue weighted by Gasteiger charge is -2.05. The zero-order chi connectivity index (χ0) is 11.1. The first kappa shape index (κ1) is 15.9. The summed E-state index contributed by atoms with van der Waals surface area (Å²) in [5.41, 5.74) is 1.23. The van der Waals surface area contributed by atoms with Gasteiger partial charge in [0.2, 0.25) is 10.0 Å². The molecule has 0 saturated carbocycles. The molecule has 0 fully saturated rings. The van der Waals surface area contributed by atoms with Crippen LogP contribution < -0.4 is 10.0 Å². The highest BCUT2D eigenvalue weighted by Crippen LogP contribution is 2.04. The lowest BCUT2D eigenvalue weighted by Crippen LogP contribution is -2.32. The van der Waals surface area contributed by atoms with E-state index in [1.807, 2.05) is 11.4 Å². The van der Waals surface area contributed by atoms with Crippen LogP contribution in [0.4, 0.5) is 0 Å². The molecule has 0 aliphatic carbocycles. The molecular weight excluding hydrogens is 268 g/mol. The van der Waals surface area contributed by atoms with Crippen molar-refractivity contribution in [2.75, 3.05) is 18.8 Å². The number of sulfonamides is 1. The van der Waals surface area contributed by atoms with Crippen LogP contribution in [0.1, 0.15) is 12.5 Å². The van der Waals surface area contributed by atoms with Crippen molar-refractivity contribution in [3.8, 4) is 0 Å². The summed E-state index contributed by atoms with van der Waals surface area (Å²) in [5.74, 6) is 0.136. The van der Waals surface area contributed by atoms with Gasteiger partial charge in [0.05, 0.1) is 5.75 Å². The van der Waals surface area contributed by atoms with Crippen molar-refractivity contribution in [3.05, 3.63) is 22.4 Å². The zero-order valence-corrected chi connectivity index (χ0v) is 11.6. The summed E-state index contributed by atoms with van der Waals surface area (Å²) < 4.78 is 24.6. The first-order valence-corrected chi connectivity index (χ1v) is 7.42. The number of hydrogen-bond donors (Lipinski definition) is 2. The highest BCUT2D eigenvalue weighted by Gasteiger charge is 2.03. The van der Waals surface area contributed by atoms with E-state index in [0.717, 1.165) is 6.54 Å². The molecule has 0 saturated heterocycles. The average molecular weight is 285 g/mol. The first-order valence-electron chi connectivity index (χ1n) is 4.83. The molecular formula is C9H17ClN2O2S2. The maximum absolute atomic E-state index is 11.1. The van der Waals surface area contributed by atoms with Gasteiger partial charge in [-0.05, 0) is 29.3 Å². The second-order valence-electron chi connectivity index (χ2n) is 3.11. The molecule has 0 spiro atoms. The molecule has 0 amide bonds. The van der Waals surface area contributed by atoms with Crippen LogP contribution >= 0.6 is 23.7 Å². The Bertz CT molecular complexity index is 365. The summed E-state index contributed by atoms with van der Waals surface area (Å²) >= 11 is 1.66. The SMILES string of the molecule is CCS(=O)(=O)NCCNCc1ccsc1.Cl. The smallest absolute Gasteiger partial charge is 0.211 e. The number of hydrogen-bond acceptors (Lipinski definition) is 4. The highest BCUT2D eigenvalue weighted by atomic mass is 35.5. The predicted molar refractivity (Wildman–Crippen MR) is 70.7 cm³/mol. The van der Waals surface area contributed by atoms with E-state index in [0.29, 0.717) is 13.1 Å². The fourth-order valence-corrected chi connectivity index (χ4v) is 2.31.